The Labute approximate surface area is 141 Å². The molecule has 0 spiro atoms. The van der Waals surface area contributed by atoms with Crippen LogP contribution in [0.25, 0.3) is 10.9 Å². The summed E-state index contributed by atoms with van der Waals surface area (Å²) in [5.41, 5.74) is 3.41. The van der Waals surface area contributed by atoms with Gasteiger partial charge in [-0.3, -0.25) is 9.88 Å². The number of hydrogen-bond acceptors (Lipinski definition) is 4. The number of para-hydroxylation sites is 1. The monoisotopic (exact) mass is 322 g/mol. The van der Waals surface area contributed by atoms with Crippen LogP contribution in [0.4, 0.5) is 0 Å². The summed E-state index contributed by atoms with van der Waals surface area (Å²) in [6, 6.07) is 12.9. The molecule has 5 heteroatoms. The van der Waals surface area contributed by atoms with Crippen LogP contribution in [0.3, 0.4) is 0 Å². The van der Waals surface area contributed by atoms with Crippen molar-refractivity contribution in [3.63, 3.8) is 0 Å². The average Bonchev–Trinajstić information content (AvgIpc) is 3.08. The molecule has 3 aromatic rings. The van der Waals surface area contributed by atoms with Gasteiger partial charge in [0.1, 0.15) is 0 Å². The lowest BCUT2D eigenvalue weighted by atomic mass is 10.1. The van der Waals surface area contributed by atoms with Crippen molar-refractivity contribution in [2.75, 3.05) is 19.8 Å². The maximum absolute atomic E-state index is 5.66. The van der Waals surface area contributed by atoms with Gasteiger partial charge in [-0.25, -0.2) is 4.98 Å². The molecule has 1 aliphatic rings. The number of imidazole rings is 1. The molecule has 124 valence electrons. The Kier molecular flexibility index (Phi) is 4.28. The fourth-order valence-corrected chi connectivity index (χ4v) is 3.40. The highest BCUT2D eigenvalue weighted by Gasteiger charge is 2.25. The Hall–Kier alpha value is -2.24. The van der Waals surface area contributed by atoms with Crippen LogP contribution in [0.15, 0.2) is 48.9 Å². The van der Waals surface area contributed by atoms with E-state index in [9.17, 15) is 0 Å². The van der Waals surface area contributed by atoms with Crippen LogP contribution in [0.5, 0.6) is 0 Å². The van der Waals surface area contributed by atoms with Crippen molar-refractivity contribution in [1.29, 1.82) is 0 Å². The summed E-state index contributed by atoms with van der Waals surface area (Å²) in [5, 5.41) is 1.19. The van der Waals surface area contributed by atoms with Crippen LogP contribution < -0.4 is 0 Å². The van der Waals surface area contributed by atoms with Gasteiger partial charge in [-0.1, -0.05) is 24.3 Å². The van der Waals surface area contributed by atoms with Crippen molar-refractivity contribution >= 4 is 10.9 Å². The Morgan fingerprint density at radius 3 is 3.04 bits per heavy atom. The molecule has 4 rings (SSSR count). The summed E-state index contributed by atoms with van der Waals surface area (Å²) >= 11 is 0. The van der Waals surface area contributed by atoms with Gasteiger partial charge < -0.3 is 9.30 Å². The summed E-state index contributed by atoms with van der Waals surface area (Å²) in [6.45, 7) is 6.20. The third-order valence-corrected chi connectivity index (χ3v) is 4.55. The standard InChI is InChI=1S/C19H22N4O/c1-2-24-13-18-12-22(11-17-9-20-14-23(17)18)10-16-8-7-15-5-3-4-6-19(15)21-16/h3-9,14,18H,2,10-13H2,1H3. The van der Waals surface area contributed by atoms with Gasteiger partial charge in [0.2, 0.25) is 0 Å². The highest BCUT2D eigenvalue weighted by molar-refractivity contribution is 5.78. The number of rotatable bonds is 5. The topological polar surface area (TPSA) is 43.2 Å². The molecular weight excluding hydrogens is 300 g/mol. The molecule has 0 aliphatic carbocycles. The molecule has 0 saturated carbocycles. The molecule has 1 unspecified atom stereocenters. The Balaban J connectivity index is 1.53. The summed E-state index contributed by atoms with van der Waals surface area (Å²) in [6.07, 6.45) is 3.88. The van der Waals surface area contributed by atoms with Gasteiger partial charge in [0.05, 0.1) is 35.9 Å². The van der Waals surface area contributed by atoms with Gasteiger partial charge in [0, 0.05) is 37.8 Å². The van der Waals surface area contributed by atoms with Crippen molar-refractivity contribution in [3.8, 4) is 0 Å². The Morgan fingerprint density at radius 2 is 2.12 bits per heavy atom. The molecule has 0 radical (unpaired) electrons. The molecule has 0 bridgehead atoms. The lowest BCUT2D eigenvalue weighted by Gasteiger charge is -2.34. The first kappa shape index (κ1) is 15.3. The van der Waals surface area contributed by atoms with E-state index in [1.54, 1.807) is 0 Å². The van der Waals surface area contributed by atoms with E-state index in [4.69, 9.17) is 9.72 Å². The van der Waals surface area contributed by atoms with Crippen LogP contribution in [0.1, 0.15) is 24.4 Å². The summed E-state index contributed by atoms with van der Waals surface area (Å²) in [4.78, 5) is 11.5. The number of hydrogen-bond donors (Lipinski definition) is 0. The third-order valence-electron chi connectivity index (χ3n) is 4.55. The minimum Gasteiger partial charge on any atom is -0.380 e. The van der Waals surface area contributed by atoms with Crippen LogP contribution >= 0.6 is 0 Å². The highest BCUT2D eigenvalue weighted by Crippen LogP contribution is 2.23. The van der Waals surface area contributed by atoms with Crippen LogP contribution in [0, 0.1) is 0 Å². The maximum Gasteiger partial charge on any atom is 0.0952 e. The lowest BCUT2D eigenvalue weighted by Crippen LogP contribution is -2.38. The molecule has 24 heavy (non-hydrogen) atoms. The highest BCUT2D eigenvalue weighted by atomic mass is 16.5. The predicted octanol–water partition coefficient (Wildman–Crippen LogP) is 3.02. The summed E-state index contributed by atoms with van der Waals surface area (Å²) < 4.78 is 7.91. The Morgan fingerprint density at radius 1 is 1.21 bits per heavy atom. The van der Waals surface area contributed by atoms with Crippen molar-refractivity contribution in [3.05, 3.63) is 60.3 Å². The fourth-order valence-electron chi connectivity index (χ4n) is 3.40. The smallest absolute Gasteiger partial charge is 0.0952 e. The van der Waals surface area contributed by atoms with Crippen molar-refractivity contribution in [1.82, 2.24) is 19.4 Å². The normalized spacial score (nSPS) is 18.0. The fraction of sp³-hybridized carbons (Fsp3) is 0.368. The molecule has 0 N–H and O–H groups in total. The second-order valence-electron chi connectivity index (χ2n) is 6.27. The van der Waals surface area contributed by atoms with E-state index in [2.05, 4.69) is 38.7 Å². The first-order valence-corrected chi connectivity index (χ1v) is 8.49. The van der Waals surface area contributed by atoms with E-state index in [0.717, 1.165) is 44.1 Å². The third kappa shape index (κ3) is 3.05. The predicted molar refractivity (Wildman–Crippen MR) is 93.6 cm³/mol. The zero-order valence-corrected chi connectivity index (χ0v) is 13.9. The number of benzene rings is 1. The molecule has 2 aromatic heterocycles. The number of aromatic nitrogens is 3. The van der Waals surface area contributed by atoms with Crippen LogP contribution in [-0.4, -0.2) is 39.2 Å². The molecular formula is C19H22N4O. The molecule has 1 atom stereocenters. The van der Waals surface area contributed by atoms with Crippen molar-refractivity contribution in [2.24, 2.45) is 0 Å². The number of fused-ring (bicyclic) bond motifs is 2. The maximum atomic E-state index is 5.66. The molecule has 3 heterocycles. The molecule has 1 aliphatic heterocycles. The molecule has 0 fully saturated rings. The van der Waals surface area contributed by atoms with E-state index in [0.29, 0.717) is 6.04 Å². The molecule has 1 aromatic carbocycles. The van der Waals surface area contributed by atoms with Gasteiger partial charge in [-0.2, -0.15) is 0 Å². The van der Waals surface area contributed by atoms with Crippen LogP contribution in [-0.2, 0) is 17.8 Å². The minimum absolute atomic E-state index is 0.316. The first-order chi connectivity index (χ1) is 11.8. The SMILES string of the molecule is CCOCC1CN(Cc2ccc3ccccc3n2)Cc2cncn21. The van der Waals surface area contributed by atoms with E-state index in [-0.39, 0.29) is 0 Å². The molecule has 0 saturated heterocycles. The van der Waals surface area contributed by atoms with Gasteiger partial charge in [0.25, 0.3) is 0 Å². The van der Waals surface area contributed by atoms with E-state index in [1.165, 1.54) is 11.1 Å². The van der Waals surface area contributed by atoms with E-state index >= 15 is 0 Å². The number of pyridine rings is 1. The van der Waals surface area contributed by atoms with Gasteiger partial charge in [-0.15, -0.1) is 0 Å². The Bertz CT molecular complexity index is 829. The van der Waals surface area contributed by atoms with E-state index < -0.39 is 0 Å². The number of nitrogens with zero attached hydrogens (tertiary/aromatic N) is 4. The van der Waals surface area contributed by atoms with Gasteiger partial charge in [0.15, 0.2) is 0 Å². The first-order valence-electron chi connectivity index (χ1n) is 8.49. The van der Waals surface area contributed by atoms with Gasteiger partial charge in [-0.05, 0) is 19.1 Å². The second-order valence-corrected chi connectivity index (χ2v) is 6.27. The second kappa shape index (κ2) is 6.71. The quantitative estimate of drug-likeness (QED) is 0.724. The van der Waals surface area contributed by atoms with E-state index in [1.807, 2.05) is 31.6 Å². The lowest BCUT2D eigenvalue weighted by molar-refractivity contribution is 0.0741. The van der Waals surface area contributed by atoms with Crippen LogP contribution in [0.2, 0.25) is 0 Å². The zero-order valence-electron chi connectivity index (χ0n) is 13.9. The van der Waals surface area contributed by atoms with Gasteiger partial charge >= 0.3 is 0 Å². The summed E-state index contributed by atoms with van der Waals surface area (Å²) in [5.74, 6) is 0. The molecule has 0 amide bonds. The molecule has 5 nitrogen and oxygen atoms in total. The van der Waals surface area contributed by atoms with Crippen molar-refractivity contribution in [2.45, 2.75) is 26.1 Å². The number of ether oxygens (including phenoxy) is 1. The minimum atomic E-state index is 0.316. The van der Waals surface area contributed by atoms with Crippen molar-refractivity contribution < 1.29 is 4.74 Å². The average molecular weight is 322 g/mol. The summed E-state index contributed by atoms with van der Waals surface area (Å²) in [7, 11) is 0. The zero-order chi connectivity index (χ0) is 16.4. The largest absolute Gasteiger partial charge is 0.380 e.